The number of hydrogen-bond donors (Lipinski definition) is 1. The minimum atomic E-state index is -0.234. The molecule has 1 atom stereocenters. The quantitative estimate of drug-likeness (QED) is 0.943. The molecule has 1 N–H and O–H groups in total. The number of nitrogens with one attached hydrogen (secondary N) is 1. The van der Waals surface area contributed by atoms with Crippen LogP contribution in [0.4, 0.5) is 10.2 Å². The van der Waals surface area contributed by atoms with Crippen LogP contribution in [-0.4, -0.2) is 33.7 Å². The fourth-order valence-corrected chi connectivity index (χ4v) is 3.17. The highest BCUT2D eigenvalue weighted by atomic mass is 19.1. The zero-order valence-corrected chi connectivity index (χ0v) is 13.4. The van der Waals surface area contributed by atoms with Gasteiger partial charge in [0.2, 0.25) is 5.91 Å². The van der Waals surface area contributed by atoms with Crippen LogP contribution in [-0.2, 0) is 11.8 Å². The van der Waals surface area contributed by atoms with Crippen molar-refractivity contribution >= 4 is 11.7 Å². The van der Waals surface area contributed by atoms with Gasteiger partial charge in [-0.25, -0.2) is 4.39 Å². The topological polar surface area (TPSA) is 50.2 Å². The van der Waals surface area contributed by atoms with Crippen molar-refractivity contribution in [2.75, 3.05) is 18.4 Å². The van der Waals surface area contributed by atoms with Crippen LogP contribution in [0.1, 0.15) is 30.1 Å². The molecule has 2 aromatic rings. The predicted octanol–water partition coefficient (Wildman–Crippen LogP) is 2.64. The van der Waals surface area contributed by atoms with E-state index < -0.39 is 0 Å². The molecule has 6 heteroatoms. The van der Waals surface area contributed by atoms with Crippen molar-refractivity contribution in [3.05, 3.63) is 47.4 Å². The third-order valence-corrected chi connectivity index (χ3v) is 4.23. The van der Waals surface area contributed by atoms with Gasteiger partial charge >= 0.3 is 0 Å². The second kappa shape index (κ2) is 6.50. The van der Waals surface area contributed by atoms with Crippen LogP contribution in [0.3, 0.4) is 0 Å². The molecule has 0 bridgehead atoms. The number of benzene rings is 1. The van der Waals surface area contributed by atoms with E-state index in [1.165, 1.54) is 12.1 Å². The van der Waals surface area contributed by atoms with Crippen LogP contribution in [0.5, 0.6) is 0 Å². The molecule has 1 aromatic heterocycles. The van der Waals surface area contributed by atoms with Crippen molar-refractivity contribution < 1.29 is 9.18 Å². The van der Waals surface area contributed by atoms with Crippen molar-refractivity contribution in [1.82, 2.24) is 14.7 Å². The summed E-state index contributed by atoms with van der Waals surface area (Å²) in [6.07, 6.45) is 2.03. The first-order chi connectivity index (χ1) is 11.0. The van der Waals surface area contributed by atoms with E-state index in [9.17, 15) is 9.18 Å². The Balaban J connectivity index is 1.65. The first kappa shape index (κ1) is 15.7. The fraction of sp³-hybridized carbons (Fsp3) is 0.412. The average Bonchev–Trinajstić information content (AvgIpc) is 3.07. The number of hydrogen-bond acceptors (Lipinski definition) is 3. The normalized spacial score (nSPS) is 18.3. The van der Waals surface area contributed by atoms with Gasteiger partial charge in [0.05, 0.1) is 12.2 Å². The van der Waals surface area contributed by atoms with Gasteiger partial charge in [-0.15, -0.1) is 0 Å². The number of anilines is 1. The molecule has 122 valence electrons. The third-order valence-electron chi connectivity index (χ3n) is 4.23. The predicted molar refractivity (Wildman–Crippen MR) is 86.5 cm³/mol. The van der Waals surface area contributed by atoms with Gasteiger partial charge in [0.1, 0.15) is 11.6 Å². The number of carbonyl (C=O) groups is 1. The summed E-state index contributed by atoms with van der Waals surface area (Å²) >= 11 is 0. The standard InChI is InChI=1S/C17H21FN4O/c1-12-10-16(21(2)20-12)19-17(23)11-22-9-3-4-15(22)13-5-7-14(18)8-6-13/h5-8,10,15H,3-4,9,11H2,1-2H3,(H,19,23)/t15-/m0/s1. The highest BCUT2D eigenvalue weighted by Crippen LogP contribution is 2.31. The van der Waals surface area contributed by atoms with Crippen molar-refractivity contribution in [2.45, 2.75) is 25.8 Å². The Morgan fingerprint density at radius 1 is 1.39 bits per heavy atom. The maximum atomic E-state index is 13.1. The summed E-state index contributed by atoms with van der Waals surface area (Å²) in [7, 11) is 1.81. The van der Waals surface area contributed by atoms with E-state index in [1.807, 2.05) is 13.0 Å². The molecule has 1 amide bonds. The lowest BCUT2D eigenvalue weighted by Gasteiger charge is -2.24. The minimum Gasteiger partial charge on any atom is -0.310 e. The van der Waals surface area contributed by atoms with E-state index in [0.29, 0.717) is 12.4 Å². The van der Waals surface area contributed by atoms with Crippen LogP contribution in [0.25, 0.3) is 0 Å². The maximum absolute atomic E-state index is 13.1. The Labute approximate surface area is 135 Å². The molecular formula is C17H21FN4O. The Morgan fingerprint density at radius 2 is 2.13 bits per heavy atom. The lowest BCUT2D eigenvalue weighted by Crippen LogP contribution is -2.33. The fourth-order valence-electron chi connectivity index (χ4n) is 3.17. The second-order valence-corrected chi connectivity index (χ2v) is 6.02. The lowest BCUT2D eigenvalue weighted by molar-refractivity contribution is -0.117. The maximum Gasteiger partial charge on any atom is 0.239 e. The van der Waals surface area contributed by atoms with E-state index in [-0.39, 0.29) is 17.8 Å². The monoisotopic (exact) mass is 316 g/mol. The molecule has 1 aromatic carbocycles. The molecule has 1 saturated heterocycles. The molecular weight excluding hydrogens is 295 g/mol. The van der Waals surface area contributed by atoms with Crippen molar-refractivity contribution in [3.63, 3.8) is 0 Å². The third kappa shape index (κ3) is 3.59. The molecule has 5 nitrogen and oxygen atoms in total. The van der Waals surface area contributed by atoms with Crippen LogP contribution in [0.15, 0.2) is 30.3 Å². The van der Waals surface area contributed by atoms with Gasteiger partial charge in [-0.1, -0.05) is 12.1 Å². The number of halogens is 1. The SMILES string of the molecule is Cc1cc(NC(=O)CN2CCC[C@H]2c2ccc(F)cc2)n(C)n1. The molecule has 0 spiro atoms. The van der Waals surface area contributed by atoms with Crippen molar-refractivity contribution in [3.8, 4) is 0 Å². The number of aryl methyl sites for hydroxylation is 2. The van der Waals surface area contributed by atoms with Gasteiger partial charge in [-0.2, -0.15) is 5.10 Å². The summed E-state index contributed by atoms with van der Waals surface area (Å²) in [6, 6.07) is 8.59. The number of amides is 1. The summed E-state index contributed by atoms with van der Waals surface area (Å²) in [5.41, 5.74) is 1.93. The molecule has 0 aliphatic carbocycles. The molecule has 0 unspecified atom stereocenters. The van der Waals surface area contributed by atoms with E-state index in [0.717, 1.165) is 30.6 Å². The molecule has 0 radical (unpaired) electrons. The average molecular weight is 316 g/mol. The molecule has 23 heavy (non-hydrogen) atoms. The number of rotatable bonds is 4. The Morgan fingerprint density at radius 3 is 2.78 bits per heavy atom. The molecule has 1 aliphatic heterocycles. The molecule has 1 fully saturated rings. The Hall–Kier alpha value is -2.21. The Kier molecular flexibility index (Phi) is 4.43. The second-order valence-electron chi connectivity index (χ2n) is 6.02. The highest BCUT2D eigenvalue weighted by Gasteiger charge is 2.27. The first-order valence-corrected chi connectivity index (χ1v) is 7.83. The van der Waals surface area contributed by atoms with Crippen LogP contribution in [0.2, 0.25) is 0 Å². The minimum absolute atomic E-state index is 0.0537. The molecule has 1 aliphatic rings. The summed E-state index contributed by atoms with van der Waals surface area (Å²) in [6.45, 7) is 3.09. The van der Waals surface area contributed by atoms with E-state index in [2.05, 4.69) is 15.3 Å². The van der Waals surface area contributed by atoms with E-state index >= 15 is 0 Å². The van der Waals surface area contributed by atoms with Crippen LogP contribution >= 0.6 is 0 Å². The van der Waals surface area contributed by atoms with Gasteiger partial charge in [-0.3, -0.25) is 14.4 Å². The van der Waals surface area contributed by atoms with Crippen molar-refractivity contribution in [2.24, 2.45) is 7.05 Å². The van der Waals surface area contributed by atoms with Gasteiger partial charge in [0, 0.05) is 19.2 Å². The summed E-state index contributed by atoms with van der Waals surface area (Å²) < 4.78 is 14.7. The highest BCUT2D eigenvalue weighted by molar-refractivity contribution is 5.91. The van der Waals surface area contributed by atoms with Gasteiger partial charge in [0.25, 0.3) is 0 Å². The largest absolute Gasteiger partial charge is 0.310 e. The number of nitrogens with zero attached hydrogens (tertiary/aromatic N) is 3. The van der Waals surface area contributed by atoms with E-state index in [1.54, 1.807) is 23.9 Å². The van der Waals surface area contributed by atoms with E-state index in [4.69, 9.17) is 0 Å². The zero-order chi connectivity index (χ0) is 16.4. The Bertz CT molecular complexity index is 695. The van der Waals surface area contributed by atoms with Gasteiger partial charge in [-0.05, 0) is 44.0 Å². The van der Waals surface area contributed by atoms with Gasteiger partial charge in [0.15, 0.2) is 0 Å². The molecule has 0 saturated carbocycles. The van der Waals surface area contributed by atoms with Crippen LogP contribution in [0, 0.1) is 12.7 Å². The number of likely N-dealkylation sites (tertiary alicyclic amines) is 1. The zero-order valence-electron chi connectivity index (χ0n) is 13.4. The summed E-state index contributed by atoms with van der Waals surface area (Å²) in [5.74, 6) is 0.412. The number of aromatic nitrogens is 2. The smallest absolute Gasteiger partial charge is 0.239 e. The molecule has 2 heterocycles. The molecule has 3 rings (SSSR count). The lowest BCUT2D eigenvalue weighted by atomic mass is 10.0. The number of carbonyl (C=O) groups excluding carboxylic acids is 1. The summed E-state index contributed by atoms with van der Waals surface area (Å²) in [5, 5.41) is 7.12. The van der Waals surface area contributed by atoms with Gasteiger partial charge < -0.3 is 5.32 Å². The van der Waals surface area contributed by atoms with Crippen LogP contribution < -0.4 is 5.32 Å². The van der Waals surface area contributed by atoms with Crippen molar-refractivity contribution in [1.29, 1.82) is 0 Å². The summed E-state index contributed by atoms with van der Waals surface area (Å²) in [4.78, 5) is 14.5. The first-order valence-electron chi connectivity index (χ1n) is 7.83.